The Bertz CT molecular complexity index is 948. The highest BCUT2D eigenvalue weighted by Gasteiger charge is 2.41. The SMILES string of the molecule is COc1cc([C@@H]2C3=C(CC(C)(C)CC3=O)Nc3ncnn32)cc(Br)c1O. The van der Waals surface area contributed by atoms with E-state index < -0.39 is 6.04 Å². The molecule has 0 amide bonds. The van der Waals surface area contributed by atoms with Crippen molar-refractivity contribution in [2.75, 3.05) is 12.4 Å². The summed E-state index contributed by atoms with van der Waals surface area (Å²) in [5, 5.41) is 17.7. The van der Waals surface area contributed by atoms with E-state index in [1.165, 1.54) is 13.4 Å². The molecule has 0 saturated carbocycles. The molecule has 0 spiro atoms. The molecule has 1 aromatic heterocycles. The van der Waals surface area contributed by atoms with Gasteiger partial charge in [0.25, 0.3) is 0 Å². The second kappa shape index (κ2) is 5.84. The Morgan fingerprint density at radius 1 is 1.38 bits per heavy atom. The Labute approximate surface area is 159 Å². The van der Waals surface area contributed by atoms with E-state index in [2.05, 4.69) is 45.2 Å². The number of carbonyl (C=O) groups excluding carboxylic acids is 1. The first-order chi connectivity index (χ1) is 12.3. The number of allylic oxidation sites excluding steroid dienone is 2. The molecular weight excluding hydrogens is 400 g/mol. The number of nitrogens with zero attached hydrogens (tertiary/aromatic N) is 3. The van der Waals surface area contributed by atoms with Crippen molar-refractivity contribution in [3.8, 4) is 11.5 Å². The molecule has 0 unspecified atom stereocenters. The highest BCUT2D eigenvalue weighted by atomic mass is 79.9. The first kappa shape index (κ1) is 17.1. The van der Waals surface area contributed by atoms with Crippen molar-refractivity contribution in [2.45, 2.75) is 32.7 Å². The Hall–Kier alpha value is -2.35. The third-order valence-electron chi connectivity index (χ3n) is 4.86. The van der Waals surface area contributed by atoms with Crippen LogP contribution in [0.1, 0.15) is 38.3 Å². The van der Waals surface area contributed by atoms with Crippen LogP contribution in [0.15, 0.2) is 34.2 Å². The number of carbonyl (C=O) groups is 1. The number of nitrogens with one attached hydrogen (secondary N) is 1. The van der Waals surface area contributed by atoms with E-state index in [4.69, 9.17) is 4.74 Å². The Balaban J connectivity index is 1.93. The third kappa shape index (κ3) is 2.59. The van der Waals surface area contributed by atoms with Gasteiger partial charge in [-0.25, -0.2) is 4.68 Å². The lowest BCUT2D eigenvalue weighted by Gasteiger charge is -2.38. The predicted octanol–water partition coefficient (Wildman–Crippen LogP) is 3.41. The van der Waals surface area contributed by atoms with E-state index in [0.717, 1.165) is 17.7 Å². The van der Waals surface area contributed by atoms with Crippen molar-refractivity contribution in [1.29, 1.82) is 0 Å². The summed E-state index contributed by atoms with van der Waals surface area (Å²) in [7, 11) is 1.49. The van der Waals surface area contributed by atoms with Gasteiger partial charge < -0.3 is 15.2 Å². The van der Waals surface area contributed by atoms with Gasteiger partial charge in [0, 0.05) is 17.7 Å². The molecule has 0 fully saturated rings. The highest BCUT2D eigenvalue weighted by Crippen LogP contribution is 2.47. The van der Waals surface area contributed by atoms with Crippen molar-refractivity contribution in [2.24, 2.45) is 5.41 Å². The fourth-order valence-corrected chi connectivity index (χ4v) is 4.22. The van der Waals surface area contributed by atoms with Gasteiger partial charge in [-0.15, -0.1) is 0 Å². The lowest BCUT2D eigenvalue weighted by Crippen LogP contribution is -2.36. The number of aromatic hydroxyl groups is 1. The van der Waals surface area contributed by atoms with Gasteiger partial charge in [0.2, 0.25) is 5.95 Å². The van der Waals surface area contributed by atoms with Crippen molar-refractivity contribution >= 4 is 27.7 Å². The molecule has 2 aliphatic rings. The number of aromatic nitrogens is 3. The fraction of sp³-hybridized carbons (Fsp3) is 0.389. The molecule has 2 aromatic rings. The Kier molecular flexibility index (Phi) is 3.83. The zero-order valence-corrected chi connectivity index (χ0v) is 16.3. The number of halogens is 1. The predicted molar refractivity (Wildman–Crippen MR) is 99.2 cm³/mol. The molecule has 26 heavy (non-hydrogen) atoms. The van der Waals surface area contributed by atoms with Gasteiger partial charge in [-0.05, 0) is 45.5 Å². The van der Waals surface area contributed by atoms with Crippen LogP contribution in [0.25, 0.3) is 0 Å². The van der Waals surface area contributed by atoms with Gasteiger partial charge in [0.15, 0.2) is 17.3 Å². The number of anilines is 1. The van der Waals surface area contributed by atoms with Crippen LogP contribution in [0.3, 0.4) is 0 Å². The highest BCUT2D eigenvalue weighted by molar-refractivity contribution is 9.10. The molecule has 4 rings (SSSR count). The minimum Gasteiger partial charge on any atom is -0.503 e. The van der Waals surface area contributed by atoms with Crippen molar-refractivity contribution in [1.82, 2.24) is 14.8 Å². The van der Waals surface area contributed by atoms with Crippen LogP contribution >= 0.6 is 15.9 Å². The maximum absolute atomic E-state index is 13.0. The monoisotopic (exact) mass is 418 g/mol. The summed E-state index contributed by atoms with van der Waals surface area (Å²) in [6.07, 6.45) is 2.70. The van der Waals surface area contributed by atoms with Gasteiger partial charge in [-0.1, -0.05) is 13.8 Å². The summed E-state index contributed by atoms with van der Waals surface area (Å²) < 4.78 is 7.48. The van der Waals surface area contributed by atoms with Crippen molar-refractivity contribution < 1.29 is 14.6 Å². The average molecular weight is 419 g/mol. The molecule has 2 heterocycles. The van der Waals surface area contributed by atoms with Crippen molar-refractivity contribution in [3.63, 3.8) is 0 Å². The van der Waals surface area contributed by atoms with E-state index in [9.17, 15) is 9.90 Å². The van der Waals surface area contributed by atoms with E-state index in [1.54, 1.807) is 16.8 Å². The smallest absolute Gasteiger partial charge is 0.226 e. The standard InChI is InChI=1S/C18H19BrN4O3/c1-18(2)6-11-14(12(24)7-18)15(23-17(22-11)20-8-21-23)9-4-10(19)16(25)13(5-9)26-3/h4-5,8,15,25H,6-7H2,1-3H3,(H,20,21,22)/t15-/m1/s1. The summed E-state index contributed by atoms with van der Waals surface area (Å²) in [6, 6.07) is 3.11. The van der Waals surface area contributed by atoms with E-state index >= 15 is 0 Å². The van der Waals surface area contributed by atoms with E-state index in [-0.39, 0.29) is 16.9 Å². The topological polar surface area (TPSA) is 89.3 Å². The Morgan fingerprint density at radius 2 is 2.15 bits per heavy atom. The maximum atomic E-state index is 13.0. The van der Waals surface area contributed by atoms with Crippen LogP contribution in [-0.2, 0) is 4.79 Å². The number of fused-ring (bicyclic) bond motifs is 1. The molecule has 8 heteroatoms. The molecule has 0 saturated heterocycles. The normalized spacial score (nSPS) is 21.1. The molecule has 136 valence electrons. The lowest BCUT2D eigenvalue weighted by molar-refractivity contribution is -0.118. The van der Waals surface area contributed by atoms with Crippen LogP contribution in [0.4, 0.5) is 5.95 Å². The summed E-state index contributed by atoms with van der Waals surface area (Å²) in [6.45, 7) is 4.18. The molecule has 2 N–H and O–H groups in total. The number of benzene rings is 1. The van der Waals surface area contributed by atoms with Crippen LogP contribution < -0.4 is 10.1 Å². The van der Waals surface area contributed by atoms with E-state index in [0.29, 0.717) is 28.2 Å². The molecule has 0 radical (unpaired) electrons. The zero-order valence-electron chi connectivity index (χ0n) is 14.7. The number of Topliss-reactive ketones (excluding diaryl/α,β-unsaturated/α-hetero) is 1. The molecular formula is C18H19BrN4O3. The number of hydrogen-bond donors (Lipinski definition) is 2. The number of phenolic OH excluding ortho intramolecular Hbond substituents is 1. The lowest BCUT2D eigenvalue weighted by atomic mass is 9.73. The molecule has 1 aliphatic carbocycles. The fourth-order valence-electron chi connectivity index (χ4n) is 3.76. The van der Waals surface area contributed by atoms with E-state index in [1.807, 2.05) is 0 Å². The van der Waals surface area contributed by atoms with Crippen LogP contribution in [-0.4, -0.2) is 32.8 Å². The number of ketones is 1. The number of methoxy groups -OCH3 is 1. The number of ether oxygens (including phenoxy) is 1. The zero-order chi connectivity index (χ0) is 18.6. The first-order valence-corrected chi connectivity index (χ1v) is 9.09. The van der Waals surface area contributed by atoms with Crippen LogP contribution in [0.5, 0.6) is 11.5 Å². The van der Waals surface area contributed by atoms with Gasteiger partial charge in [-0.2, -0.15) is 10.1 Å². The molecule has 1 aromatic carbocycles. The minimum absolute atomic E-state index is 0.0225. The largest absolute Gasteiger partial charge is 0.503 e. The molecule has 1 atom stereocenters. The Morgan fingerprint density at radius 3 is 2.88 bits per heavy atom. The second-order valence-corrected chi connectivity index (χ2v) is 8.30. The van der Waals surface area contributed by atoms with Gasteiger partial charge in [0.05, 0.1) is 11.6 Å². The van der Waals surface area contributed by atoms with Crippen LogP contribution in [0.2, 0.25) is 0 Å². The number of phenols is 1. The second-order valence-electron chi connectivity index (χ2n) is 7.44. The van der Waals surface area contributed by atoms with Gasteiger partial charge in [-0.3, -0.25) is 4.79 Å². The van der Waals surface area contributed by atoms with Crippen molar-refractivity contribution in [3.05, 3.63) is 39.8 Å². The van der Waals surface area contributed by atoms with Crippen LogP contribution in [0, 0.1) is 5.41 Å². The quantitative estimate of drug-likeness (QED) is 0.776. The molecule has 7 nitrogen and oxygen atoms in total. The molecule has 0 bridgehead atoms. The average Bonchev–Trinajstić information content (AvgIpc) is 3.02. The summed E-state index contributed by atoms with van der Waals surface area (Å²) in [4.78, 5) is 17.3. The first-order valence-electron chi connectivity index (χ1n) is 8.30. The van der Waals surface area contributed by atoms with Gasteiger partial charge >= 0.3 is 0 Å². The summed E-state index contributed by atoms with van der Waals surface area (Å²) in [5.74, 6) is 1.05. The minimum atomic E-state index is -0.418. The number of hydrogen-bond acceptors (Lipinski definition) is 6. The third-order valence-corrected chi connectivity index (χ3v) is 5.46. The molecule has 1 aliphatic heterocycles. The van der Waals surface area contributed by atoms with Gasteiger partial charge in [0.1, 0.15) is 12.4 Å². The summed E-state index contributed by atoms with van der Waals surface area (Å²) in [5.41, 5.74) is 2.27. The number of rotatable bonds is 2. The summed E-state index contributed by atoms with van der Waals surface area (Å²) >= 11 is 3.36. The maximum Gasteiger partial charge on any atom is 0.226 e.